The van der Waals surface area contributed by atoms with Crippen molar-refractivity contribution in [3.8, 4) is 0 Å². The molecule has 3 aromatic rings. The molecule has 0 spiro atoms. The summed E-state index contributed by atoms with van der Waals surface area (Å²) in [7, 11) is 0. The Hall–Kier alpha value is -4.04. The second-order valence-corrected chi connectivity index (χ2v) is 9.70. The van der Waals surface area contributed by atoms with Gasteiger partial charge in [-0.25, -0.2) is 0 Å². The normalized spacial score (nSPS) is 17.1. The quantitative estimate of drug-likeness (QED) is 0.274. The fourth-order valence-electron chi connectivity index (χ4n) is 4.22. The van der Waals surface area contributed by atoms with Gasteiger partial charge in [-0.15, -0.1) is 5.53 Å². The van der Waals surface area contributed by atoms with Gasteiger partial charge in [-0.1, -0.05) is 0 Å². The number of rotatable bonds is 3. The number of nitrogens with one attached hydrogen (secondary N) is 1. The van der Waals surface area contributed by atoms with Gasteiger partial charge < -0.3 is 0 Å². The molecular formula is C26H11F18N3. The Morgan fingerprint density at radius 1 is 0.404 bits per heavy atom. The number of hydrogen-bond acceptors (Lipinski definition) is 3. The van der Waals surface area contributed by atoms with Crippen LogP contribution in [0.15, 0.2) is 54.6 Å². The zero-order valence-electron chi connectivity index (χ0n) is 22.0. The molecule has 4 rings (SSSR count). The van der Waals surface area contributed by atoms with E-state index in [4.69, 9.17) is 0 Å². The number of hydrogen-bond donors (Lipinski definition) is 1. The lowest BCUT2D eigenvalue weighted by molar-refractivity contribution is -0.144. The third kappa shape index (κ3) is 7.92. The highest BCUT2D eigenvalue weighted by Gasteiger charge is 2.44. The average molecular weight is 707 g/mol. The van der Waals surface area contributed by atoms with Gasteiger partial charge in [0.1, 0.15) is 12.6 Å². The summed E-state index contributed by atoms with van der Waals surface area (Å²) in [6.07, 6.45) is -33.1. The zero-order chi connectivity index (χ0) is 35.7. The number of anilines is 2. The van der Waals surface area contributed by atoms with Gasteiger partial charge in [-0.2, -0.15) is 79.0 Å². The summed E-state index contributed by atoms with van der Waals surface area (Å²) in [6.45, 7) is 1.92. The predicted molar refractivity (Wildman–Crippen MR) is 123 cm³/mol. The summed E-state index contributed by atoms with van der Waals surface area (Å²) < 4.78 is 244. The summed E-state index contributed by atoms with van der Waals surface area (Å²) in [6, 6.07) is -3.72. The third-order valence-corrected chi connectivity index (χ3v) is 6.32. The van der Waals surface area contributed by atoms with Gasteiger partial charge in [0.15, 0.2) is 0 Å². The fraction of sp³-hybridized carbons (Fsp3) is 0.269. The molecule has 256 valence electrons. The Kier molecular flexibility index (Phi) is 8.60. The maximum atomic E-state index is 13.6. The van der Waals surface area contributed by atoms with Gasteiger partial charge in [-0.05, 0) is 60.2 Å². The van der Waals surface area contributed by atoms with E-state index in [-0.39, 0.29) is 58.5 Å². The van der Waals surface area contributed by atoms with Crippen LogP contribution in [-0.2, 0) is 37.1 Å². The van der Waals surface area contributed by atoms with Crippen LogP contribution in [-0.4, -0.2) is 0 Å². The highest BCUT2D eigenvalue weighted by Crippen LogP contribution is 2.46. The van der Waals surface area contributed by atoms with Crippen molar-refractivity contribution in [3.05, 3.63) is 100 Å². The molecule has 3 nitrogen and oxygen atoms in total. The van der Waals surface area contributed by atoms with Crippen LogP contribution in [0.4, 0.5) is 90.4 Å². The van der Waals surface area contributed by atoms with Gasteiger partial charge in [0, 0.05) is 0 Å². The van der Waals surface area contributed by atoms with Crippen molar-refractivity contribution in [2.75, 3.05) is 10.0 Å². The van der Waals surface area contributed by atoms with Crippen LogP contribution in [0, 0.1) is 6.54 Å². The molecule has 47 heavy (non-hydrogen) atoms. The Balaban J connectivity index is 2.00. The van der Waals surface area contributed by atoms with Gasteiger partial charge in [0.25, 0.3) is 0 Å². The maximum Gasteiger partial charge on any atom is 0.416 e. The second kappa shape index (κ2) is 11.3. The number of halogens is 18. The minimum atomic E-state index is -5.54. The minimum Gasteiger partial charge on any atom is -0.281 e. The minimum absolute atomic E-state index is 0.00361. The molecule has 1 aliphatic rings. The number of nitrogens with zero attached hydrogens (tertiary/aromatic N) is 2. The molecule has 21 heteroatoms. The Morgan fingerprint density at radius 3 is 0.979 bits per heavy atom. The molecule has 1 unspecified atom stereocenters. The molecule has 2 radical (unpaired) electrons. The van der Waals surface area contributed by atoms with Gasteiger partial charge in [-0.3, -0.25) is 10.0 Å². The monoisotopic (exact) mass is 707 g/mol. The number of alkyl halides is 18. The molecule has 1 atom stereocenters. The molecular weight excluding hydrogens is 696 g/mol. The highest BCUT2D eigenvalue weighted by atomic mass is 19.4. The van der Waals surface area contributed by atoms with E-state index in [1.54, 1.807) is 0 Å². The fourth-order valence-corrected chi connectivity index (χ4v) is 4.22. The molecule has 0 aromatic heterocycles. The van der Waals surface area contributed by atoms with E-state index in [1.165, 1.54) is 0 Å². The van der Waals surface area contributed by atoms with Crippen molar-refractivity contribution < 1.29 is 79.0 Å². The van der Waals surface area contributed by atoms with Crippen LogP contribution in [0.2, 0.25) is 0 Å². The van der Waals surface area contributed by atoms with Crippen molar-refractivity contribution >= 4 is 11.4 Å². The van der Waals surface area contributed by atoms with E-state index in [0.29, 0.717) is 0 Å². The van der Waals surface area contributed by atoms with Crippen LogP contribution in [0.3, 0.4) is 0 Å². The average Bonchev–Trinajstić information content (AvgIpc) is 3.35. The summed E-state index contributed by atoms with van der Waals surface area (Å²) in [4.78, 5) is 0. The van der Waals surface area contributed by atoms with Crippen molar-refractivity contribution in [1.82, 2.24) is 5.53 Å². The number of benzene rings is 3. The van der Waals surface area contributed by atoms with Crippen molar-refractivity contribution in [2.24, 2.45) is 0 Å². The topological polar surface area (TPSA) is 18.5 Å². The molecule has 0 bridgehead atoms. The van der Waals surface area contributed by atoms with Gasteiger partial charge >= 0.3 is 37.1 Å². The first-order valence-electron chi connectivity index (χ1n) is 12.1. The number of hydrazine groups is 2. The van der Waals surface area contributed by atoms with Gasteiger partial charge in [0.2, 0.25) is 0 Å². The van der Waals surface area contributed by atoms with E-state index in [2.05, 4.69) is 0 Å². The lowest BCUT2D eigenvalue weighted by atomic mass is 9.98. The molecule has 3 aromatic carbocycles. The predicted octanol–water partition coefficient (Wildman–Crippen LogP) is 10.3. The summed E-state index contributed by atoms with van der Waals surface area (Å²) in [5.41, 5.74) is -14.0. The maximum absolute atomic E-state index is 13.6. The highest BCUT2D eigenvalue weighted by molar-refractivity contribution is 5.62. The molecule has 0 saturated carbocycles. The van der Waals surface area contributed by atoms with E-state index in [9.17, 15) is 79.0 Å². The first kappa shape index (κ1) is 35.8. The molecule has 1 fully saturated rings. The summed E-state index contributed by atoms with van der Waals surface area (Å²) in [5.74, 6) is 0. The third-order valence-electron chi connectivity index (χ3n) is 6.32. The molecule has 1 N–H and O–H groups in total. The Bertz CT molecular complexity index is 1450. The Morgan fingerprint density at radius 2 is 0.681 bits per heavy atom. The van der Waals surface area contributed by atoms with Crippen LogP contribution >= 0.6 is 0 Å². The van der Waals surface area contributed by atoms with E-state index >= 15 is 0 Å². The van der Waals surface area contributed by atoms with Crippen molar-refractivity contribution in [3.63, 3.8) is 0 Å². The Labute approximate surface area is 249 Å². The molecule has 1 heterocycles. The van der Waals surface area contributed by atoms with Crippen molar-refractivity contribution in [2.45, 2.75) is 43.1 Å². The van der Waals surface area contributed by atoms with Crippen LogP contribution in [0.5, 0.6) is 0 Å². The smallest absolute Gasteiger partial charge is 0.281 e. The summed E-state index contributed by atoms with van der Waals surface area (Å²) in [5, 5.41) is 0.0733. The zero-order valence-corrected chi connectivity index (χ0v) is 22.0. The lowest BCUT2D eigenvalue weighted by Crippen LogP contribution is -2.40. The van der Waals surface area contributed by atoms with E-state index in [1.807, 2.05) is 12.1 Å². The molecule has 1 aliphatic heterocycles. The van der Waals surface area contributed by atoms with Crippen LogP contribution < -0.4 is 15.6 Å². The van der Waals surface area contributed by atoms with Crippen molar-refractivity contribution in [1.29, 1.82) is 0 Å². The molecule has 1 saturated heterocycles. The molecule has 0 aliphatic carbocycles. The second-order valence-electron chi connectivity index (χ2n) is 9.70. The largest absolute Gasteiger partial charge is 0.416 e. The summed E-state index contributed by atoms with van der Waals surface area (Å²) >= 11 is 0. The first-order valence-corrected chi connectivity index (χ1v) is 12.1. The molecule has 0 amide bonds. The van der Waals surface area contributed by atoms with Crippen LogP contribution in [0.1, 0.15) is 45.0 Å². The van der Waals surface area contributed by atoms with E-state index in [0.717, 1.165) is 0 Å². The SMILES string of the molecule is FC(F)(F)c1cc(C2[C]N(c3cc(C(F)(F)F)cc(C(F)(F)F)c3)NN2c2cc(C(F)(F)F)cc(C(F)(F)F)c2)cc(C(F)(F)F)c1. The van der Waals surface area contributed by atoms with Gasteiger partial charge in [0.05, 0.1) is 44.8 Å². The lowest BCUT2D eigenvalue weighted by Gasteiger charge is -2.28. The van der Waals surface area contributed by atoms with E-state index < -0.39 is 99.5 Å². The van der Waals surface area contributed by atoms with Crippen LogP contribution in [0.25, 0.3) is 0 Å². The standard InChI is InChI=1S/C26H11F18N3/c27-21(28,29)12-1-11(2-13(3-12)22(30,31)32)20-10-46(18-6-14(23(33,34)35)4-15(7-18)24(36,37)38)45-47(20)19-8-16(25(39,40)41)5-17(9-19)26(42,43)44/h1-9,20,45H. The first-order chi connectivity index (χ1) is 21.0.